The van der Waals surface area contributed by atoms with Crippen LogP contribution in [0.1, 0.15) is 31.5 Å². The first-order valence-electron chi connectivity index (χ1n) is 7.02. The molecular weight excluding hydrogens is 294 g/mol. The lowest BCUT2D eigenvalue weighted by Crippen LogP contribution is -2.37. The van der Waals surface area contributed by atoms with Crippen LogP contribution >= 0.6 is 22.9 Å². The smallest absolute Gasteiger partial charge is 0.145 e. The molecule has 0 spiro atoms. The molecule has 1 atom stereocenters. The fourth-order valence-electron chi connectivity index (χ4n) is 2.76. The maximum Gasteiger partial charge on any atom is 0.145 e. The Kier molecular flexibility index (Phi) is 4.51. The normalized spacial score (nSPS) is 21.2. The molecule has 0 radical (unpaired) electrons. The monoisotopic (exact) mass is 311 g/mol. The summed E-state index contributed by atoms with van der Waals surface area (Å²) in [6, 6.07) is 2.17. The lowest BCUT2D eigenvalue weighted by Gasteiger charge is -2.27. The molecule has 108 valence electrons. The molecular formula is C14H18ClN3OS. The highest BCUT2D eigenvalue weighted by Crippen LogP contribution is 2.26. The van der Waals surface area contributed by atoms with Crippen LogP contribution in [0.15, 0.2) is 11.4 Å². The van der Waals surface area contributed by atoms with Crippen molar-refractivity contribution < 1.29 is 5.11 Å². The van der Waals surface area contributed by atoms with Gasteiger partial charge < -0.3 is 5.11 Å². The molecule has 0 saturated carbocycles. The zero-order valence-corrected chi connectivity index (χ0v) is 12.8. The second kappa shape index (κ2) is 6.35. The number of fused-ring (bicyclic) bond motifs is 1. The summed E-state index contributed by atoms with van der Waals surface area (Å²) in [5.41, 5.74) is 0. The minimum Gasteiger partial charge on any atom is -0.395 e. The molecule has 1 unspecified atom stereocenters. The van der Waals surface area contributed by atoms with E-state index in [4.69, 9.17) is 11.6 Å². The van der Waals surface area contributed by atoms with Crippen LogP contribution in [-0.4, -0.2) is 39.2 Å². The lowest BCUT2D eigenvalue weighted by molar-refractivity contribution is 0.116. The second-order valence-corrected chi connectivity index (χ2v) is 6.48. The van der Waals surface area contributed by atoms with Gasteiger partial charge in [-0.2, -0.15) is 0 Å². The van der Waals surface area contributed by atoms with E-state index >= 15 is 0 Å². The van der Waals surface area contributed by atoms with Gasteiger partial charge in [0, 0.05) is 11.4 Å². The third kappa shape index (κ3) is 2.96. The Morgan fingerprint density at radius 3 is 3.10 bits per heavy atom. The first-order chi connectivity index (χ1) is 9.78. The van der Waals surface area contributed by atoms with Gasteiger partial charge in [0.25, 0.3) is 0 Å². The number of hydrogen-bond acceptors (Lipinski definition) is 5. The van der Waals surface area contributed by atoms with Gasteiger partial charge in [0.05, 0.1) is 13.2 Å². The molecule has 1 saturated heterocycles. The second-order valence-electron chi connectivity index (χ2n) is 5.23. The maximum atomic E-state index is 9.55. The van der Waals surface area contributed by atoms with Crippen molar-refractivity contribution in [3.05, 3.63) is 22.4 Å². The number of likely N-dealkylation sites (tertiary alicyclic amines) is 1. The first-order valence-corrected chi connectivity index (χ1v) is 8.28. The summed E-state index contributed by atoms with van der Waals surface area (Å²) < 4.78 is 0. The van der Waals surface area contributed by atoms with E-state index in [9.17, 15) is 5.11 Å². The topological polar surface area (TPSA) is 49.2 Å². The Labute approximate surface area is 127 Å². The fraction of sp³-hybridized carbons (Fsp3) is 0.571. The van der Waals surface area contributed by atoms with Gasteiger partial charge in [-0.15, -0.1) is 11.3 Å². The molecule has 0 bridgehead atoms. The van der Waals surface area contributed by atoms with Crippen LogP contribution in [0.4, 0.5) is 0 Å². The van der Waals surface area contributed by atoms with Crippen LogP contribution in [-0.2, 0) is 6.54 Å². The van der Waals surface area contributed by atoms with Crippen LogP contribution in [0.2, 0.25) is 5.15 Å². The van der Waals surface area contributed by atoms with Crippen molar-refractivity contribution in [1.82, 2.24) is 14.9 Å². The van der Waals surface area contributed by atoms with Crippen LogP contribution in [0.5, 0.6) is 0 Å². The molecule has 0 amide bonds. The number of nitrogens with zero attached hydrogens (tertiary/aromatic N) is 3. The van der Waals surface area contributed by atoms with Gasteiger partial charge in [-0.25, -0.2) is 9.97 Å². The number of aromatic nitrogens is 2. The molecule has 20 heavy (non-hydrogen) atoms. The van der Waals surface area contributed by atoms with E-state index in [0.29, 0.717) is 11.7 Å². The Morgan fingerprint density at radius 2 is 2.25 bits per heavy atom. The average Bonchev–Trinajstić information content (AvgIpc) is 2.80. The number of thiophene rings is 1. The summed E-state index contributed by atoms with van der Waals surface area (Å²) in [5.74, 6) is 0.755. The summed E-state index contributed by atoms with van der Waals surface area (Å²) in [5, 5.41) is 13.0. The molecule has 2 aromatic rings. The summed E-state index contributed by atoms with van der Waals surface area (Å²) in [6.45, 7) is 1.86. The van der Waals surface area contributed by atoms with Gasteiger partial charge >= 0.3 is 0 Å². The van der Waals surface area contributed by atoms with Crippen LogP contribution < -0.4 is 0 Å². The van der Waals surface area contributed by atoms with Gasteiger partial charge in [0.2, 0.25) is 0 Å². The summed E-state index contributed by atoms with van der Waals surface area (Å²) in [4.78, 5) is 12.2. The Bertz CT molecular complexity index is 589. The molecule has 1 N–H and O–H groups in total. The molecule has 4 nitrogen and oxygen atoms in total. The highest BCUT2D eigenvalue weighted by atomic mass is 35.5. The molecule has 6 heteroatoms. The van der Waals surface area contributed by atoms with E-state index in [0.717, 1.165) is 29.0 Å². The summed E-state index contributed by atoms with van der Waals surface area (Å²) in [6.07, 6.45) is 4.64. The molecule has 0 aliphatic carbocycles. The number of aliphatic hydroxyl groups is 1. The Balaban J connectivity index is 1.83. The standard InChI is InChI=1S/C14H18ClN3OS/c15-13-11-5-7-20-14(11)17-12(16-13)8-18-6-3-1-2-4-10(18)9-19/h5,7,10,19H,1-4,6,8-9H2. The zero-order valence-electron chi connectivity index (χ0n) is 11.3. The Morgan fingerprint density at radius 1 is 1.35 bits per heavy atom. The van der Waals surface area contributed by atoms with E-state index in [2.05, 4.69) is 14.9 Å². The maximum absolute atomic E-state index is 9.55. The molecule has 2 aromatic heterocycles. The quantitative estimate of drug-likeness (QED) is 0.885. The van der Waals surface area contributed by atoms with Crippen molar-refractivity contribution in [1.29, 1.82) is 0 Å². The summed E-state index contributed by atoms with van der Waals surface area (Å²) in [7, 11) is 0. The third-order valence-corrected chi connectivity index (χ3v) is 4.97. The highest BCUT2D eigenvalue weighted by Gasteiger charge is 2.21. The van der Waals surface area contributed by atoms with Gasteiger partial charge in [0.15, 0.2) is 0 Å². The van der Waals surface area contributed by atoms with E-state index in [-0.39, 0.29) is 12.6 Å². The highest BCUT2D eigenvalue weighted by molar-refractivity contribution is 7.16. The fourth-order valence-corrected chi connectivity index (χ4v) is 3.85. The van der Waals surface area contributed by atoms with Crippen molar-refractivity contribution in [3.8, 4) is 0 Å². The minimum atomic E-state index is 0.203. The SMILES string of the molecule is OCC1CCCCCN1Cc1nc(Cl)c2ccsc2n1. The predicted octanol–water partition coefficient (Wildman–Crippen LogP) is 3.08. The number of hydrogen-bond donors (Lipinski definition) is 1. The van der Waals surface area contributed by atoms with Crippen molar-refractivity contribution >= 4 is 33.2 Å². The lowest BCUT2D eigenvalue weighted by atomic mass is 10.1. The van der Waals surface area contributed by atoms with Crippen molar-refractivity contribution in [3.63, 3.8) is 0 Å². The van der Waals surface area contributed by atoms with Gasteiger partial charge in [-0.05, 0) is 30.8 Å². The largest absolute Gasteiger partial charge is 0.395 e. The molecule has 3 heterocycles. The van der Waals surface area contributed by atoms with Gasteiger partial charge in [0.1, 0.15) is 15.8 Å². The van der Waals surface area contributed by atoms with Gasteiger partial charge in [-0.1, -0.05) is 24.4 Å². The van der Waals surface area contributed by atoms with Crippen molar-refractivity contribution in [2.45, 2.75) is 38.3 Å². The van der Waals surface area contributed by atoms with E-state index in [1.54, 1.807) is 11.3 Å². The first kappa shape index (κ1) is 14.2. The Hall–Kier alpha value is -0.750. The molecule has 1 aliphatic rings. The summed E-state index contributed by atoms with van der Waals surface area (Å²) >= 11 is 7.80. The molecule has 1 aliphatic heterocycles. The average molecular weight is 312 g/mol. The number of aliphatic hydroxyl groups excluding tert-OH is 1. The third-order valence-electron chi connectivity index (χ3n) is 3.88. The van der Waals surface area contributed by atoms with Crippen LogP contribution in [0.3, 0.4) is 0 Å². The van der Waals surface area contributed by atoms with Gasteiger partial charge in [-0.3, -0.25) is 4.90 Å². The molecule has 0 aromatic carbocycles. The minimum absolute atomic E-state index is 0.203. The number of halogens is 1. The van der Waals surface area contributed by atoms with Crippen LogP contribution in [0.25, 0.3) is 10.2 Å². The van der Waals surface area contributed by atoms with E-state index in [1.165, 1.54) is 19.3 Å². The van der Waals surface area contributed by atoms with Crippen LogP contribution in [0, 0.1) is 0 Å². The molecule has 3 rings (SSSR count). The zero-order chi connectivity index (χ0) is 13.9. The van der Waals surface area contributed by atoms with E-state index < -0.39 is 0 Å². The van der Waals surface area contributed by atoms with Crippen molar-refractivity contribution in [2.75, 3.05) is 13.2 Å². The van der Waals surface area contributed by atoms with E-state index in [1.807, 2.05) is 11.4 Å². The molecule has 1 fully saturated rings. The number of rotatable bonds is 3. The van der Waals surface area contributed by atoms with Crippen molar-refractivity contribution in [2.24, 2.45) is 0 Å². The predicted molar refractivity (Wildman–Crippen MR) is 82.2 cm³/mol.